The van der Waals surface area contributed by atoms with E-state index in [1.165, 1.54) is 4.90 Å². The van der Waals surface area contributed by atoms with Gasteiger partial charge in [-0.25, -0.2) is 22.8 Å². The van der Waals surface area contributed by atoms with Crippen LogP contribution < -0.4 is 11.5 Å². The van der Waals surface area contributed by atoms with Gasteiger partial charge in [-0.1, -0.05) is 0 Å². The summed E-state index contributed by atoms with van der Waals surface area (Å²) in [6.45, 7) is 0. The van der Waals surface area contributed by atoms with Gasteiger partial charge in [0.25, 0.3) is 17.9 Å². The Morgan fingerprint density at radius 3 is 2.21 bits per heavy atom. The van der Waals surface area contributed by atoms with Crippen LogP contribution in [-0.4, -0.2) is 58.0 Å². The summed E-state index contributed by atoms with van der Waals surface area (Å²) in [6, 6.07) is -0.0214. The largest absolute Gasteiger partial charge is 0.478 e. The van der Waals surface area contributed by atoms with Gasteiger partial charge < -0.3 is 26.2 Å². The number of nitrogens with two attached hydrogens (primary N) is 2. The van der Waals surface area contributed by atoms with Crippen LogP contribution in [0.3, 0.4) is 0 Å². The summed E-state index contributed by atoms with van der Waals surface area (Å²) in [5.74, 6) is -8.16. The lowest BCUT2D eigenvalue weighted by Gasteiger charge is -2.41. The van der Waals surface area contributed by atoms with Gasteiger partial charge in [-0.2, -0.15) is 0 Å². The number of carboxylic acid groups (broad SMARTS) is 1. The number of esters is 1. The van der Waals surface area contributed by atoms with Crippen LogP contribution in [0.5, 0.6) is 0 Å². The molecule has 0 aliphatic carbocycles. The summed E-state index contributed by atoms with van der Waals surface area (Å²) >= 11 is 0. The maximum Gasteiger partial charge on any atom is 0.332 e. The van der Waals surface area contributed by atoms with E-state index in [0.29, 0.717) is 43.9 Å². The molecule has 0 saturated carbocycles. The van der Waals surface area contributed by atoms with Gasteiger partial charge in [-0.05, 0) is 49.7 Å². The molecule has 0 aromatic heterocycles. The van der Waals surface area contributed by atoms with E-state index >= 15 is 0 Å². The molecule has 2 saturated heterocycles. The van der Waals surface area contributed by atoms with Crippen molar-refractivity contribution in [2.24, 2.45) is 17.4 Å². The average Bonchev–Trinajstić information content (AvgIpc) is 3.02. The molecule has 1 aromatic rings. The number of fused-ring (bicyclic) bond motifs is 2. The lowest BCUT2D eigenvalue weighted by molar-refractivity contribution is -0.164. The molecular formula is C22H24F3N3O6. The number of carbonyl (C=O) groups excluding carboxylic acids is 3. The highest BCUT2D eigenvalue weighted by Crippen LogP contribution is 2.40. The Bertz CT molecular complexity index is 1020. The van der Waals surface area contributed by atoms with Crippen molar-refractivity contribution in [3.63, 3.8) is 0 Å². The molecule has 1 aromatic carbocycles. The Balaban J connectivity index is 1.68. The fourth-order valence-electron chi connectivity index (χ4n) is 4.73. The zero-order valence-corrected chi connectivity index (χ0v) is 18.0. The van der Waals surface area contributed by atoms with Crippen LogP contribution in [0.15, 0.2) is 24.3 Å². The molecule has 5 atom stereocenters. The number of halogens is 3. The second-order valence-corrected chi connectivity index (χ2v) is 8.48. The number of nitrogens with zero attached hydrogens (tertiary/aromatic N) is 1. The van der Waals surface area contributed by atoms with Gasteiger partial charge in [0.2, 0.25) is 0 Å². The van der Waals surface area contributed by atoms with Crippen molar-refractivity contribution in [1.29, 1.82) is 0 Å². The van der Waals surface area contributed by atoms with Gasteiger partial charge >= 0.3 is 11.9 Å². The standard InChI is InChI=1S/C22H24F3N3O6/c23-14-9-16(25)15(24)7-10(14)8-17(26)11-5-12-1-2-13(6-11)28(12)22(33)20(21(27)32)34-19(31)4-3-18(29)30/h3-4,7,9,11-13,17,20H,1-2,5-6,8,26H2,(H2,27,32)(H,29,30)/b4-3-/t11?,12-,13?,17-,20?/m1/s1. The number of aliphatic carboxylic acids is 1. The number of carboxylic acids is 1. The fourth-order valence-corrected chi connectivity index (χ4v) is 4.73. The highest BCUT2D eigenvalue weighted by molar-refractivity contribution is 6.05. The Labute approximate surface area is 192 Å². The fraction of sp³-hybridized carbons (Fsp3) is 0.455. The van der Waals surface area contributed by atoms with E-state index < -0.39 is 53.4 Å². The van der Waals surface area contributed by atoms with Crippen LogP contribution >= 0.6 is 0 Å². The summed E-state index contributed by atoms with van der Waals surface area (Å²) in [7, 11) is 0. The lowest BCUT2D eigenvalue weighted by Crippen LogP contribution is -2.56. The maximum atomic E-state index is 14.0. The number of ether oxygens (including phenoxy) is 1. The molecule has 0 radical (unpaired) electrons. The Hall–Kier alpha value is -3.41. The van der Waals surface area contributed by atoms with Crippen LogP contribution in [0.1, 0.15) is 31.2 Å². The molecule has 2 heterocycles. The van der Waals surface area contributed by atoms with Crippen molar-refractivity contribution < 1.29 is 42.2 Å². The van der Waals surface area contributed by atoms with Crippen molar-refractivity contribution >= 4 is 23.8 Å². The summed E-state index contributed by atoms with van der Waals surface area (Å²) in [5, 5.41) is 8.57. The van der Waals surface area contributed by atoms with Crippen molar-refractivity contribution in [3.05, 3.63) is 47.3 Å². The van der Waals surface area contributed by atoms with E-state index in [1.54, 1.807) is 0 Å². The molecule has 184 valence electrons. The molecule has 2 aliphatic heterocycles. The van der Waals surface area contributed by atoms with E-state index in [-0.39, 0.29) is 30.0 Å². The molecule has 3 unspecified atom stereocenters. The number of benzene rings is 1. The van der Waals surface area contributed by atoms with E-state index in [2.05, 4.69) is 0 Å². The van der Waals surface area contributed by atoms with Gasteiger partial charge in [-0.15, -0.1) is 0 Å². The van der Waals surface area contributed by atoms with E-state index in [0.717, 1.165) is 6.07 Å². The smallest absolute Gasteiger partial charge is 0.332 e. The molecule has 2 aliphatic rings. The van der Waals surface area contributed by atoms with Crippen molar-refractivity contribution in [2.45, 2.75) is 56.3 Å². The second kappa shape index (κ2) is 10.2. The number of amides is 2. The molecular weight excluding hydrogens is 459 g/mol. The molecule has 9 nitrogen and oxygen atoms in total. The Kier molecular flexibility index (Phi) is 7.60. The maximum absolute atomic E-state index is 14.0. The minimum Gasteiger partial charge on any atom is -0.478 e. The number of piperidine rings is 1. The van der Waals surface area contributed by atoms with E-state index in [1.807, 2.05) is 0 Å². The first-order chi connectivity index (χ1) is 16.0. The van der Waals surface area contributed by atoms with E-state index in [4.69, 9.17) is 21.3 Å². The third kappa shape index (κ3) is 5.56. The normalized spacial score (nSPS) is 23.5. The summed E-state index contributed by atoms with van der Waals surface area (Å²) in [6.07, 6.45) is 1.11. The van der Waals surface area contributed by atoms with Crippen LogP contribution in [0.4, 0.5) is 13.2 Å². The highest BCUT2D eigenvalue weighted by Gasteiger charge is 2.47. The number of hydrogen-bond donors (Lipinski definition) is 3. The minimum atomic E-state index is -1.92. The third-order valence-electron chi connectivity index (χ3n) is 6.25. The molecule has 2 amide bonds. The second-order valence-electron chi connectivity index (χ2n) is 8.48. The molecule has 5 N–H and O–H groups in total. The molecule has 2 fully saturated rings. The molecule has 2 bridgehead atoms. The molecule has 3 rings (SSSR count). The predicted octanol–water partition coefficient (Wildman–Crippen LogP) is 0.781. The quantitative estimate of drug-likeness (QED) is 0.214. The highest BCUT2D eigenvalue weighted by atomic mass is 19.2. The summed E-state index contributed by atoms with van der Waals surface area (Å²) in [5.41, 5.74) is 11.5. The summed E-state index contributed by atoms with van der Waals surface area (Å²) in [4.78, 5) is 48.5. The van der Waals surface area contributed by atoms with Gasteiger partial charge in [0.15, 0.2) is 11.6 Å². The van der Waals surface area contributed by atoms with Crippen molar-refractivity contribution in [3.8, 4) is 0 Å². The SMILES string of the molecule is NC(=O)C(OC(=O)/C=C\C(=O)O)C(=O)N1C2CC[C@@H]1CC([C@H](N)Cc1cc(F)c(F)cc1F)C2. The summed E-state index contributed by atoms with van der Waals surface area (Å²) < 4.78 is 45.5. The monoisotopic (exact) mass is 483 g/mol. The third-order valence-corrected chi connectivity index (χ3v) is 6.25. The number of carbonyl (C=O) groups is 4. The number of rotatable bonds is 8. The van der Waals surface area contributed by atoms with Crippen LogP contribution in [-0.2, 0) is 30.3 Å². The van der Waals surface area contributed by atoms with Crippen LogP contribution in [0, 0.1) is 23.4 Å². The zero-order valence-electron chi connectivity index (χ0n) is 18.0. The number of hydrogen-bond acceptors (Lipinski definition) is 6. The first-order valence-corrected chi connectivity index (χ1v) is 10.6. The van der Waals surface area contributed by atoms with Crippen molar-refractivity contribution in [1.82, 2.24) is 4.90 Å². The van der Waals surface area contributed by atoms with Gasteiger partial charge in [-0.3, -0.25) is 9.59 Å². The van der Waals surface area contributed by atoms with E-state index in [9.17, 15) is 32.3 Å². The van der Waals surface area contributed by atoms with Gasteiger partial charge in [0, 0.05) is 36.3 Å². The Morgan fingerprint density at radius 1 is 1.06 bits per heavy atom. The first-order valence-electron chi connectivity index (χ1n) is 10.6. The topological polar surface area (TPSA) is 153 Å². The lowest BCUT2D eigenvalue weighted by atomic mass is 9.82. The minimum absolute atomic E-state index is 0.0292. The average molecular weight is 483 g/mol. The Morgan fingerprint density at radius 2 is 1.65 bits per heavy atom. The molecule has 0 spiro atoms. The van der Waals surface area contributed by atoms with Gasteiger partial charge in [0.1, 0.15) is 5.82 Å². The molecule has 34 heavy (non-hydrogen) atoms. The van der Waals surface area contributed by atoms with Gasteiger partial charge in [0.05, 0.1) is 0 Å². The zero-order chi connectivity index (χ0) is 25.2. The predicted molar refractivity (Wildman–Crippen MR) is 110 cm³/mol. The number of primary amides is 1. The van der Waals surface area contributed by atoms with Crippen LogP contribution in [0.2, 0.25) is 0 Å². The van der Waals surface area contributed by atoms with Crippen molar-refractivity contribution in [2.75, 3.05) is 0 Å². The first kappa shape index (κ1) is 25.2. The van der Waals surface area contributed by atoms with Crippen LogP contribution in [0.25, 0.3) is 0 Å². The molecule has 12 heteroatoms.